The highest BCUT2D eigenvalue weighted by Gasteiger charge is 2.30. The van der Waals surface area contributed by atoms with Gasteiger partial charge in [0.25, 0.3) is 5.91 Å². The third kappa shape index (κ3) is 3.50. The van der Waals surface area contributed by atoms with Crippen LogP contribution in [0.5, 0.6) is 0 Å². The Morgan fingerprint density at radius 1 is 1.18 bits per heavy atom. The minimum absolute atomic E-state index is 0.0948. The number of ether oxygens (including phenoxy) is 1. The van der Waals surface area contributed by atoms with Crippen LogP contribution in [0.15, 0.2) is 18.5 Å². The van der Waals surface area contributed by atoms with E-state index in [1.165, 1.54) is 0 Å². The molecule has 120 valence electrons. The predicted molar refractivity (Wildman–Crippen MR) is 81.2 cm³/mol. The number of H-pyrrole nitrogens is 1. The number of aromatic amines is 1. The third-order valence-corrected chi connectivity index (χ3v) is 4.38. The Kier molecular flexibility index (Phi) is 4.77. The molecule has 6 nitrogen and oxygen atoms in total. The van der Waals surface area contributed by atoms with Gasteiger partial charge in [-0.2, -0.15) is 0 Å². The van der Waals surface area contributed by atoms with Gasteiger partial charge in [0.2, 0.25) is 5.91 Å². The average Bonchev–Trinajstić information content (AvgIpc) is 3.16. The van der Waals surface area contributed by atoms with Crippen LogP contribution < -0.4 is 0 Å². The summed E-state index contributed by atoms with van der Waals surface area (Å²) < 4.78 is 5.48. The monoisotopic (exact) mass is 305 g/mol. The van der Waals surface area contributed by atoms with E-state index in [-0.39, 0.29) is 17.9 Å². The number of rotatable bonds is 3. The van der Waals surface area contributed by atoms with Gasteiger partial charge >= 0.3 is 0 Å². The SMILES string of the molecule is O=C(Cc1cc[nH]c1)N1CCCN(C(=O)C2CCCO2)CC1. The number of hydrogen-bond donors (Lipinski definition) is 1. The number of amides is 2. The smallest absolute Gasteiger partial charge is 0.251 e. The lowest BCUT2D eigenvalue weighted by molar-refractivity contribution is -0.141. The van der Waals surface area contributed by atoms with Crippen LogP contribution in [0.3, 0.4) is 0 Å². The van der Waals surface area contributed by atoms with Crippen molar-refractivity contribution in [1.29, 1.82) is 0 Å². The van der Waals surface area contributed by atoms with Crippen LogP contribution in [-0.2, 0) is 20.7 Å². The normalized spacial score (nSPS) is 22.6. The molecule has 0 aliphatic carbocycles. The Bertz CT molecular complexity index is 509. The molecule has 0 spiro atoms. The van der Waals surface area contributed by atoms with Crippen LogP contribution in [0.4, 0.5) is 0 Å². The maximum absolute atomic E-state index is 12.4. The van der Waals surface area contributed by atoms with Crippen LogP contribution in [0, 0.1) is 0 Å². The van der Waals surface area contributed by atoms with E-state index >= 15 is 0 Å². The summed E-state index contributed by atoms with van der Waals surface area (Å²) >= 11 is 0. The van der Waals surface area contributed by atoms with E-state index in [9.17, 15) is 9.59 Å². The molecule has 0 saturated carbocycles. The Morgan fingerprint density at radius 3 is 2.73 bits per heavy atom. The van der Waals surface area contributed by atoms with E-state index < -0.39 is 0 Å². The van der Waals surface area contributed by atoms with Crippen molar-refractivity contribution in [3.63, 3.8) is 0 Å². The molecule has 2 fully saturated rings. The number of hydrogen-bond acceptors (Lipinski definition) is 3. The maximum atomic E-state index is 12.4. The van der Waals surface area contributed by atoms with Gasteiger partial charge in [0.15, 0.2) is 0 Å². The fourth-order valence-electron chi connectivity index (χ4n) is 3.12. The highest BCUT2D eigenvalue weighted by Crippen LogP contribution is 2.16. The predicted octanol–water partition coefficient (Wildman–Crippen LogP) is 0.797. The molecule has 0 radical (unpaired) electrons. The lowest BCUT2D eigenvalue weighted by Crippen LogP contribution is -2.42. The second kappa shape index (κ2) is 6.96. The molecule has 1 aromatic heterocycles. The number of carbonyl (C=O) groups excluding carboxylic acids is 2. The molecular formula is C16H23N3O3. The first-order valence-electron chi connectivity index (χ1n) is 8.04. The van der Waals surface area contributed by atoms with Gasteiger partial charge in [-0.25, -0.2) is 0 Å². The summed E-state index contributed by atoms with van der Waals surface area (Å²) in [7, 11) is 0. The van der Waals surface area contributed by atoms with Gasteiger partial charge in [0, 0.05) is 45.2 Å². The molecule has 1 unspecified atom stereocenters. The van der Waals surface area contributed by atoms with Crippen molar-refractivity contribution in [2.45, 2.75) is 31.8 Å². The third-order valence-electron chi connectivity index (χ3n) is 4.38. The molecule has 22 heavy (non-hydrogen) atoms. The van der Waals surface area contributed by atoms with Crippen molar-refractivity contribution in [2.24, 2.45) is 0 Å². The van der Waals surface area contributed by atoms with Gasteiger partial charge < -0.3 is 19.5 Å². The van der Waals surface area contributed by atoms with Gasteiger partial charge in [-0.15, -0.1) is 0 Å². The minimum Gasteiger partial charge on any atom is -0.368 e. The zero-order chi connectivity index (χ0) is 15.4. The zero-order valence-electron chi connectivity index (χ0n) is 12.8. The number of aromatic nitrogens is 1. The molecule has 1 N–H and O–H groups in total. The fraction of sp³-hybridized carbons (Fsp3) is 0.625. The number of nitrogens with zero attached hydrogens (tertiary/aromatic N) is 2. The fourth-order valence-corrected chi connectivity index (χ4v) is 3.12. The molecule has 2 aliphatic rings. The maximum Gasteiger partial charge on any atom is 0.251 e. The van der Waals surface area contributed by atoms with Gasteiger partial charge in [-0.1, -0.05) is 0 Å². The molecule has 6 heteroatoms. The van der Waals surface area contributed by atoms with Crippen LogP contribution in [0.2, 0.25) is 0 Å². The van der Waals surface area contributed by atoms with Crippen LogP contribution in [-0.4, -0.2) is 65.5 Å². The number of nitrogens with one attached hydrogen (secondary N) is 1. The van der Waals surface area contributed by atoms with E-state index in [1.54, 1.807) is 0 Å². The largest absolute Gasteiger partial charge is 0.368 e. The lowest BCUT2D eigenvalue weighted by Gasteiger charge is -2.24. The van der Waals surface area contributed by atoms with E-state index in [1.807, 2.05) is 28.3 Å². The summed E-state index contributed by atoms with van der Waals surface area (Å²) in [5, 5.41) is 0. The molecule has 2 saturated heterocycles. The second-order valence-corrected chi connectivity index (χ2v) is 5.96. The summed E-state index contributed by atoms with van der Waals surface area (Å²) in [6.45, 7) is 3.34. The summed E-state index contributed by atoms with van der Waals surface area (Å²) in [4.78, 5) is 31.4. The summed E-state index contributed by atoms with van der Waals surface area (Å²) in [6, 6.07) is 1.92. The Balaban J connectivity index is 1.53. The van der Waals surface area contributed by atoms with Crippen molar-refractivity contribution >= 4 is 11.8 Å². The topological polar surface area (TPSA) is 65.6 Å². The van der Waals surface area contributed by atoms with E-state index in [0.717, 1.165) is 31.4 Å². The van der Waals surface area contributed by atoms with E-state index in [4.69, 9.17) is 4.74 Å². The number of carbonyl (C=O) groups is 2. The summed E-state index contributed by atoms with van der Waals surface area (Å²) in [6.07, 6.45) is 6.45. The molecule has 0 aromatic carbocycles. The first-order valence-corrected chi connectivity index (χ1v) is 8.04. The van der Waals surface area contributed by atoms with Crippen molar-refractivity contribution in [1.82, 2.24) is 14.8 Å². The first-order chi connectivity index (χ1) is 10.7. The standard InChI is InChI=1S/C16H23N3O3/c20-15(11-13-4-5-17-12-13)18-6-2-7-19(9-8-18)16(21)14-3-1-10-22-14/h4-5,12,14,17H,1-3,6-11H2. The van der Waals surface area contributed by atoms with Crippen LogP contribution in [0.1, 0.15) is 24.8 Å². The average molecular weight is 305 g/mol. The van der Waals surface area contributed by atoms with Gasteiger partial charge in [0.05, 0.1) is 6.42 Å². The van der Waals surface area contributed by atoms with E-state index in [2.05, 4.69) is 4.98 Å². The van der Waals surface area contributed by atoms with Crippen molar-refractivity contribution in [3.8, 4) is 0 Å². The molecule has 3 heterocycles. The Morgan fingerprint density at radius 2 is 2.00 bits per heavy atom. The van der Waals surface area contributed by atoms with Crippen molar-refractivity contribution in [3.05, 3.63) is 24.0 Å². The molecule has 3 rings (SSSR count). The van der Waals surface area contributed by atoms with Crippen molar-refractivity contribution < 1.29 is 14.3 Å². The quantitative estimate of drug-likeness (QED) is 0.898. The van der Waals surface area contributed by atoms with Crippen LogP contribution >= 0.6 is 0 Å². The molecule has 2 aliphatic heterocycles. The Labute approximate surface area is 130 Å². The second-order valence-electron chi connectivity index (χ2n) is 5.96. The highest BCUT2D eigenvalue weighted by atomic mass is 16.5. The minimum atomic E-state index is -0.262. The van der Waals surface area contributed by atoms with E-state index in [0.29, 0.717) is 32.7 Å². The molecule has 0 bridgehead atoms. The molecule has 2 amide bonds. The highest BCUT2D eigenvalue weighted by molar-refractivity contribution is 5.82. The lowest BCUT2D eigenvalue weighted by atomic mass is 10.2. The molecule has 1 aromatic rings. The van der Waals surface area contributed by atoms with Gasteiger partial charge in [-0.05, 0) is 30.9 Å². The molecule has 1 atom stereocenters. The van der Waals surface area contributed by atoms with Crippen LogP contribution in [0.25, 0.3) is 0 Å². The molecular weight excluding hydrogens is 282 g/mol. The Hall–Kier alpha value is -1.82. The summed E-state index contributed by atoms with van der Waals surface area (Å²) in [5.41, 5.74) is 1.00. The van der Waals surface area contributed by atoms with Gasteiger partial charge in [0.1, 0.15) is 6.10 Å². The summed E-state index contributed by atoms with van der Waals surface area (Å²) in [5.74, 6) is 0.225. The zero-order valence-corrected chi connectivity index (χ0v) is 12.8. The van der Waals surface area contributed by atoms with Gasteiger partial charge in [-0.3, -0.25) is 9.59 Å². The van der Waals surface area contributed by atoms with Crippen molar-refractivity contribution in [2.75, 3.05) is 32.8 Å². The first kappa shape index (κ1) is 15.1.